The molecule has 0 saturated heterocycles. The number of rotatable bonds is 6. The van der Waals surface area contributed by atoms with Gasteiger partial charge in [-0.15, -0.1) is 0 Å². The van der Waals surface area contributed by atoms with Crippen molar-refractivity contribution in [3.8, 4) is 5.75 Å². The minimum absolute atomic E-state index is 0.0320. The fraction of sp³-hybridized carbons (Fsp3) is 0.182. The van der Waals surface area contributed by atoms with Gasteiger partial charge in [0.2, 0.25) is 0 Å². The normalized spacial score (nSPS) is 11.1. The molecule has 0 radical (unpaired) electrons. The van der Waals surface area contributed by atoms with E-state index >= 15 is 0 Å². The van der Waals surface area contributed by atoms with Gasteiger partial charge in [-0.05, 0) is 50.2 Å². The molecule has 4 aromatic rings. The van der Waals surface area contributed by atoms with Gasteiger partial charge < -0.3 is 10.1 Å². The largest absolute Gasteiger partial charge is 0.487 e. The Hall–Kier alpha value is -4.01. The molecule has 4 rings (SSSR count). The number of halogens is 1. The lowest BCUT2D eigenvalue weighted by atomic mass is 10.2. The van der Waals surface area contributed by atoms with Crippen LogP contribution in [0, 0.1) is 5.82 Å². The van der Waals surface area contributed by atoms with Crippen molar-refractivity contribution in [3.05, 3.63) is 88.4 Å². The zero-order chi connectivity index (χ0) is 22.0. The quantitative estimate of drug-likeness (QED) is 0.515. The van der Waals surface area contributed by atoms with E-state index in [4.69, 9.17) is 4.74 Å². The summed E-state index contributed by atoms with van der Waals surface area (Å²) in [5.41, 5.74) is 0.685. The number of ether oxygens (including phenoxy) is 1. The molecule has 0 fully saturated rings. The number of anilines is 1. The van der Waals surface area contributed by atoms with Crippen molar-refractivity contribution >= 4 is 17.4 Å². The molecule has 1 amide bonds. The molecule has 0 aliphatic heterocycles. The van der Waals surface area contributed by atoms with E-state index in [-0.39, 0.29) is 23.8 Å². The highest BCUT2D eigenvalue weighted by molar-refractivity contribution is 6.04. The standard InChI is InChI=1S/C22H20FN5O3/c1-14(2)27-13-24-22-26-16(11-20(29)28(22)27)12-31-17-9-7-15(8-10-17)25-21(30)18-5-3-4-6-19(18)23/h3-11,13-14H,12H2,1-2H3,(H,25,30). The lowest BCUT2D eigenvalue weighted by Gasteiger charge is -2.10. The van der Waals surface area contributed by atoms with Gasteiger partial charge in [-0.2, -0.15) is 9.50 Å². The van der Waals surface area contributed by atoms with Gasteiger partial charge in [-0.3, -0.25) is 14.3 Å². The average Bonchev–Trinajstić information content (AvgIpc) is 3.18. The van der Waals surface area contributed by atoms with Gasteiger partial charge in [-0.25, -0.2) is 9.37 Å². The van der Waals surface area contributed by atoms with Crippen molar-refractivity contribution in [1.29, 1.82) is 0 Å². The number of fused-ring (bicyclic) bond motifs is 1. The minimum atomic E-state index is -0.585. The number of nitrogens with one attached hydrogen (secondary N) is 1. The lowest BCUT2D eigenvalue weighted by Crippen LogP contribution is -2.23. The summed E-state index contributed by atoms with van der Waals surface area (Å²) in [4.78, 5) is 33.2. The second kappa shape index (κ2) is 8.39. The Kier molecular flexibility index (Phi) is 5.48. The first kappa shape index (κ1) is 20.3. The van der Waals surface area contributed by atoms with Crippen LogP contribution in [0.5, 0.6) is 5.75 Å². The van der Waals surface area contributed by atoms with Crippen LogP contribution in [0.2, 0.25) is 0 Å². The van der Waals surface area contributed by atoms with E-state index in [2.05, 4.69) is 15.3 Å². The molecule has 8 nitrogen and oxygen atoms in total. The molecule has 158 valence electrons. The van der Waals surface area contributed by atoms with Gasteiger partial charge in [0.1, 0.15) is 24.5 Å². The molecule has 9 heteroatoms. The van der Waals surface area contributed by atoms with Crippen LogP contribution in [0.3, 0.4) is 0 Å². The lowest BCUT2D eigenvalue weighted by molar-refractivity contribution is 0.102. The number of carbonyl (C=O) groups excluding carboxylic acids is 1. The topological polar surface area (TPSA) is 90.5 Å². The van der Waals surface area contributed by atoms with Gasteiger partial charge in [0.15, 0.2) is 0 Å². The van der Waals surface area contributed by atoms with E-state index in [0.717, 1.165) is 0 Å². The highest BCUT2D eigenvalue weighted by Gasteiger charge is 2.12. The number of hydrogen-bond acceptors (Lipinski definition) is 5. The SMILES string of the molecule is CC(C)n1cnc2nc(COc3ccc(NC(=O)c4ccccc4F)cc3)cc(=O)n21. The van der Waals surface area contributed by atoms with Gasteiger partial charge in [0.25, 0.3) is 17.2 Å². The Bertz CT molecular complexity index is 1290. The average molecular weight is 421 g/mol. The summed E-state index contributed by atoms with van der Waals surface area (Å²) in [7, 11) is 0. The summed E-state index contributed by atoms with van der Waals surface area (Å²) in [6, 6.07) is 13.9. The molecule has 2 heterocycles. The number of nitrogens with zero attached hydrogens (tertiary/aromatic N) is 4. The Balaban J connectivity index is 1.42. The van der Waals surface area contributed by atoms with Crippen molar-refractivity contribution in [2.24, 2.45) is 0 Å². The first-order chi connectivity index (χ1) is 14.9. The molecule has 31 heavy (non-hydrogen) atoms. The Morgan fingerprint density at radius 2 is 1.90 bits per heavy atom. The first-order valence-electron chi connectivity index (χ1n) is 9.67. The van der Waals surface area contributed by atoms with Crippen molar-refractivity contribution in [2.75, 3.05) is 5.32 Å². The maximum atomic E-state index is 13.7. The molecule has 2 aromatic carbocycles. The van der Waals surface area contributed by atoms with Crippen molar-refractivity contribution in [3.63, 3.8) is 0 Å². The van der Waals surface area contributed by atoms with Crippen LogP contribution in [0.1, 0.15) is 35.9 Å². The molecule has 0 aliphatic carbocycles. The van der Waals surface area contributed by atoms with Crippen LogP contribution in [0.4, 0.5) is 10.1 Å². The number of amides is 1. The summed E-state index contributed by atoms with van der Waals surface area (Å²) >= 11 is 0. The summed E-state index contributed by atoms with van der Waals surface area (Å²) in [6.07, 6.45) is 1.58. The van der Waals surface area contributed by atoms with Crippen LogP contribution in [-0.2, 0) is 6.61 Å². The predicted octanol–water partition coefficient (Wildman–Crippen LogP) is 3.44. The minimum Gasteiger partial charge on any atom is -0.487 e. The molecule has 0 atom stereocenters. The van der Waals surface area contributed by atoms with Crippen molar-refractivity contribution < 1.29 is 13.9 Å². The second-order valence-electron chi connectivity index (χ2n) is 7.16. The van der Waals surface area contributed by atoms with Crippen LogP contribution >= 0.6 is 0 Å². The van der Waals surface area contributed by atoms with Gasteiger partial charge in [0.05, 0.1) is 11.3 Å². The third-order valence-corrected chi connectivity index (χ3v) is 4.60. The first-order valence-corrected chi connectivity index (χ1v) is 9.67. The fourth-order valence-corrected chi connectivity index (χ4v) is 3.05. The molecular formula is C22H20FN5O3. The summed E-state index contributed by atoms with van der Waals surface area (Å²) in [5.74, 6) is -0.284. The van der Waals surface area contributed by atoms with E-state index in [0.29, 0.717) is 22.9 Å². The van der Waals surface area contributed by atoms with Gasteiger partial charge in [0, 0.05) is 17.8 Å². The zero-order valence-electron chi connectivity index (χ0n) is 16.9. The molecule has 2 aromatic heterocycles. The number of aromatic nitrogens is 4. The Labute approximate surface area is 176 Å². The van der Waals surface area contributed by atoms with E-state index in [9.17, 15) is 14.0 Å². The maximum absolute atomic E-state index is 13.7. The molecular weight excluding hydrogens is 401 g/mol. The van der Waals surface area contributed by atoms with Gasteiger partial charge >= 0.3 is 0 Å². The molecule has 0 spiro atoms. The summed E-state index contributed by atoms with van der Waals surface area (Å²) in [5, 5.41) is 2.64. The van der Waals surface area contributed by atoms with Crippen LogP contribution < -0.4 is 15.6 Å². The molecule has 0 unspecified atom stereocenters. The third kappa shape index (κ3) is 4.30. The smallest absolute Gasteiger partial charge is 0.274 e. The predicted molar refractivity (Wildman–Crippen MR) is 113 cm³/mol. The van der Waals surface area contributed by atoms with E-state index in [1.807, 2.05) is 13.8 Å². The molecule has 0 saturated carbocycles. The van der Waals surface area contributed by atoms with E-state index in [1.54, 1.807) is 41.3 Å². The van der Waals surface area contributed by atoms with E-state index in [1.165, 1.54) is 28.8 Å². The van der Waals surface area contributed by atoms with Crippen LogP contribution in [0.15, 0.2) is 65.7 Å². The Morgan fingerprint density at radius 3 is 2.61 bits per heavy atom. The van der Waals surface area contributed by atoms with Crippen LogP contribution in [0.25, 0.3) is 5.78 Å². The highest BCUT2D eigenvalue weighted by atomic mass is 19.1. The Morgan fingerprint density at radius 1 is 1.16 bits per heavy atom. The van der Waals surface area contributed by atoms with E-state index < -0.39 is 11.7 Å². The van der Waals surface area contributed by atoms with Gasteiger partial charge in [-0.1, -0.05) is 12.1 Å². The number of carbonyl (C=O) groups is 1. The summed E-state index contributed by atoms with van der Waals surface area (Å²) < 4.78 is 22.5. The molecule has 0 bridgehead atoms. The number of hydrogen-bond donors (Lipinski definition) is 1. The zero-order valence-corrected chi connectivity index (χ0v) is 16.9. The number of benzene rings is 2. The second-order valence-corrected chi connectivity index (χ2v) is 7.16. The van der Waals surface area contributed by atoms with Crippen molar-refractivity contribution in [2.45, 2.75) is 26.5 Å². The molecule has 0 aliphatic rings. The molecule has 1 N–H and O–H groups in total. The monoisotopic (exact) mass is 421 g/mol. The van der Waals surface area contributed by atoms with Crippen molar-refractivity contribution in [1.82, 2.24) is 19.2 Å². The maximum Gasteiger partial charge on any atom is 0.274 e. The third-order valence-electron chi connectivity index (χ3n) is 4.60. The fourth-order valence-electron chi connectivity index (χ4n) is 3.05. The van der Waals surface area contributed by atoms with Crippen LogP contribution in [-0.4, -0.2) is 25.1 Å². The highest BCUT2D eigenvalue weighted by Crippen LogP contribution is 2.18. The summed E-state index contributed by atoms with van der Waals surface area (Å²) in [6.45, 7) is 3.99.